The zero-order chi connectivity index (χ0) is 24.7. The Balaban J connectivity index is 1.64. The van der Waals surface area contributed by atoms with Crippen molar-refractivity contribution < 1.29 is 8.91 Å². The van der Waals surface area contributed by atoms with E-state index in [4.69, 9.17) is 9.51 Å². The maximum absolute atomic E-state index is 13.9. The Morgan fingerprint density at radius 1 is 1.06 bits per heavy atom. The Kier molecular flexibility index (Phi) is 5.56. The zero-order valence-electron chi connectivity index (χ0n) is 19.4. The van der Waals surface area contributed by atoms with Crippen molar-refractivity contribution in [2.45, 2.75) is 26.8 Å². The number of halogens is 1. The predicted molar refractivity (Wildman–Crippen MR) is 133 cm³/mol. The summed E-state index contributed by atoms with van der Waals surface area (Å²) in [4.78, 5) is 29.7. The summed E-state index contributed by atoms with van der Waals surface area (Å²) in [7, 11) is 0. The molecular weight excluding hydrogens is 447 g/mol. The number of hydrogen-bond acceptors (Lipinski definition) is 5. The Morgan fingerprint density at radius 3 is 2.60 bits per heavy atom. The number of fused-ring (bicyclic) bond motifs is 1. The largest absolute Gasteiger partial charge is 0.378 e. The molecule has 0 spiro atoms. The van der Waals surface area contributed by atoms with Crippen LogP contribution in [0.25, 0.3) is 28.2 Å². The fourth-order valence-electron chi connectivity index (χ4n) is 4.28. The summed E-state index contributed by atoms with van der Waals surface area (Å²) in [5.41, 5.74) is 4.55. The number of aromatic nitrogens is 3. The van der Waals surface area contributed by atoms with Crippen molar-refractivity contribution >= 4 is 11.3 Å². The van der Waals surface area contributed by atoms with Crippen molar-refractivity contribution in [3.05, 3.63) is 110 Å². The van der Waals surface area contributed by atoms with Crippen LogP contribution in [0, 0.1) is 19.7 Å². The highest BCUT2D eigenvalue weighted by molar-refractivity contribution is 5.75. The summed E-state index contributed by atoms with van der Waals surface area (Å²) in [5, 5.41) is 5.78. The van der Waals surface area contributed by atoms with E-state index in [9.17, 15) is 14.0 Å². The number of rotatable bonds is 5. The molecule has 5 aromatic rings. The van der Waals surface area contributed by atoms with E-state index in [-0.39, 0.29) is 17.2 Å². The van der Waals surface area contributed by atoms with Crippen molar-refractivity contribution in [3.8, 4) is 22.6 Å². The van der Waals surface area contributed by atoms with Crippen LogP contribution in [-0.2, 0) is 0 Å². The van der Waals surface area contributed by atoms with Gasteiger partial charge in [0.05, 0.1) is 17.8 Å². The average molecular weight is 471 g/mol. The fourth-order valence-corrected chi connectivity index (χ4v) is 4.28. The van der Waals surface area contributed by atoms with Gasteiger partial charge in [0.15, 0.2) is 5.76 Å². The van der Waals surface area contributed by atoms with E-state index >= 15 is 0 Å². The van der Waals surface area contributed by atoms with E-state index < -0.39 is 5.82 Å². The lowest BCUT2D eigenvalue weighted by Gasteiger charge is -2.20. The molecule has 35 heavy (non-hydrogen) atoms. The highest BCUT2D eigenvalue weighted by Crippen LogP contribution is 2.31. The smallest absolute Gasteiger partial charge is 0.280 e. The van der Waals surface area contributed by atoms with Crippen LogP contribution in [-0.4, -0.2) is 14.5 Å². The second kappa shape index (κ2) is 8.72. The first-order valence-electron chi connectivity index (χ1n) is 11.2. The lowest BCUT2D eigenvalue weighted by Crippen LogP contribution is -2.22. The van der Waals surface area contributed by atoms with Crippen LogP contribution in [0.1, 0.15) is 29.7 Å². The first-order chi connectivity index (χ1) is 16.8. The minimum atomic E-state index is -0.393. The molecule has 0 bridgehead atoms. The van der Waals surface area contributed by atoms with Crippen LogP contribution in [0.2, 0.25) is 0 Å². The highest BCUT2D eigenvalue weighted by atomic mass is 19.1. The summed E-state index contributed by atoms with van der Waals surface area (Å²) < 4.78 is 20.8. The molecule has 1 atom stereocenters. The molecule has 8 heteroatoms. The second-order valence-corrected chi connectivity index (χ2v) is 8.56. The molecule has 0 saturated heterocycles. The maximum atomic E-state index is 13.9. The van der Waals surface area contributed by atoms with E-state index in [1.54, 1.807) is 25.3 Å². The van der Waals surface area contributed by atoms with Crippen LogP contribution in [0.5, 0.6) is 0 Å². The molecule has 7 nitrogen and oxygen atoms in total. The van der Waals surface area contributed by atoms with Crippen LogP contribution in [0.4, 0.5) is 10.1 Å². The van der Waals surface area contributed by atoms with Gasteiger partial charge in [0.25, 0.3) is 11.1 Å². The van der Waals surface area contributed by atoms with Gasteiger partial charge in [-0.05, 0) is 56.7 Å². The standard InChI is InChI=1S/C27H23FN4O3/c1-15-11-21(17(3)29-22-10-5-4-9-20(22)23-13-24(33)31-35-23)26-30-25(16(2)27(34)32(26)14-15)18-7-6-8-19(28)12-18/h4-14,17,29H,1-3H3,(H,31,33)/t17-/m0/s1. The minimum absolute atomic E-state index is 0.207. The molecule has 2 aromatic carbocycles. The van der Waals surface area contributed by atoms with Gasteiger partial charge < -0.3 is 9.84 Å². The molecule has 0 aliphatic heterocycles. The third-order valence-corrected chi connectivity index (χ3v) is 5.97. The van der Waals surface area contributed by atoms with Crippen LogP contribution in [0.15, 0.2) is 81.0 Å². The van der Waals surface area contributed by atoms with E-state index in [0.717, 1.165) is 22.4 Å². The van der Waals surface area contributed by atoms with Crippen LogP contribution < -0.4 is 16.4 Å². The number of aromatic amines is 1. The summed E-state index contributed by atoms with van der Waals surface area (Å²) >= 11 is 0. The van der Waals surface area contributed by atoms with Gasteiger partial charge >= 0.3 is 0 Å². The number of benzene rings is 2. The normalized spacial score (nSPS) is 12.1. The minimum Gasteiger partial charge on any atom is -0.378 e. The van der Waals surface area contributed by atoms with Crippen LogP contribution in [0.3, 0.4) is 0 Å². The molecule has 176 valence electrons. The van der Waals surface area contributed by atoms with E-state index in [1.807, 2.05) is 44.2 Å². The first kappa shape index (κ1) is 22.3. The number of nitrogens with zero attached hydrogens (tertiary/aromatic N) is 2. The lowest BCUT2D eigenvalue weighted by atomic mass is 10.0. The number of pyridine rings is 1. The van der Waals surface area contributed by atoms with Crippen molar-refractivity contribution in [1.29, 1.82) is 0 Å². The molecule has 0 saturated carbocycles. The molecule has 0 aliphatic carbocycles. The van der Waals surface area contributed by atoms with Gasteiger partial charge in [-0.15, -0.1) is 0 Å². The molecule has 0 amide bonds. The molecule has 2 N–H and O–H groups in total. The molecule has 3 aromatic heterocycles. The van der Waals surface area contributed by atoms with Gasteiger partial charge in [0.2, 0.25) is 0 Å². The van der Waals surface area contributed by atoms with Gasteiger partial charge in [-0.3, -0.25) is 14.0 Å². The van der Waals surface area contributed by atoms with E-state index in [2.05, 4.69) is 10.5 Å². The Morgan fingerprint density at radius 2 is 1.86 bits per heavy atom. The number of anilines is 1. The van der Waals surface area contributed by atoms with Gasteiger partial charge in [0, 0.05) is 34.1 Å². The predicted octanol–water partition coefficient (Wildman–Crippen LogP) is 5.24. The zero-order valence-corrected chi connectivity index (χ0v) is 19.4. The fraction of sp³-hybridized carbons (Fsp3) is 0.148. The van der Waals surface area contributed by atoms with Gasteiger partial charge in [0.1, 0.15) is 11.5 Å². The summed E-state index contributed by atoms with van der Waals surface area (Å²) in [6.07, 6.45) is 1.76. The molecule has 5 rings (SSSR count). The number of H-pyrrole nitrogens is 1. The highest BCUT2D eigenvalue weighted by Gasteiger charge is 2.19. The van der Waals surface area contributed by atoms with Crippen molar-refractivity contribution in [2.75, 3.05) is 5.32 Å². The van der Waals surface area contributed by atoms with Crippen molar-refractivity contribution in [1.82, 2.24) is 14.5 Å². The molecule has 0 radical (unpaired) electrons. The first-order valence-corrected chi connectivity index (χ1v) is 11.2. The monoisotopic (exact) mass is 470 g/mol. The third kappa shape index (κ3) is 4.14. The van der Waals surface area contributed by atoms with Gasteiger partial charge in [-0.2, -0.15) is 5.16 Å². The van der Waals surface area contributed by atoms with Gasteiger partial charge in [-0.1, -0.05) is 24.3 Å². The average Bonchev–Trinajstić information content (AvgIpc) is 3.27. The molecule has 0 unspecified atom stereocenters. The Bertz CT molecular complexity index is 1680. The van der Waals surface area contributed by atoms with E-state index in [1.165, 1.54) is 22.6 Å². The van der Waals surface area contributed by atoms with Crippen molar-refractivity contribution in [3.63, 3.8) is 0 Å². The summed E-state index contributed by atoms with van der Waals surface area (Å²) in [6, 6.07) is 16.6. The number of aryl methyl sites for hydroxylation is 1. The quantitative estimate of drug-likeness (QED) is 0.367. The SMILES string of the molecule is Cc1cc([C@H](C)Nc2ccccc2-c2cc(=O)[nH]o2)c2nc(-c3cccc(F)c3)c(C)c(=O)n2c1. The molecular formula is C27H23FN4O3. The molecule has 3 heterocycles. The van der Waals surface area contributed by atoms with E-state index in [0.29, 0.717) is 28.2 Å². The molecule has 0 fully saturated rings. The number of hydrogen-bond donors (Lipinski definition) is 2. The topological polar surface area (TPSA) is 92.4 Å². The lowest BCUT2D eigenvalue weighted by molar-refractivity contribution is 0.426. The summed E-state index contributed by atoms with van der Waals surface area (Å²) in [5.74, 6) is 0.0221. The number of para-hydroxylation sites is 1. The van der Waals surface area contributed by atoms with Gasteiger partial charge in [-0.25, -0.2) is 9.37 Å². The molecule has 0 aliphatic rings. The Hall–Kier alpha value is -4.46. The number of nitrogens with one attached hydrogen (secondary N) is 2. The summed E-state index contributed by atoms with van der Waals surface area (Å²) in [6.45, 7) is 5.58. The second-order valence-electron chi connectivity index (χ2n) is 8.56. The van der Waals surface area contributed by atoms with Crippen LogP contribution >= 0.6 is 0 Å². The maximum Gasteiger partial charge on any atom is 0.280 e. The third-order valence-electron chi connectivity index (χ3n) is 5.97. The Labute approximate surface area is 199 Å². The van der Waals surface area contributed by atoms with Crippen molar-refractivity contribution in [2.24, 2.45) is 0 Å².